The molecule has 4 aromatic carbocycles. The summed E-state index contributed by atoms with van der Waals surface area (Å²) in [5, 5.41) is 2.54. The summed E-state index contributed by atoms with van der Waals surface area (Å²) in [6, 6.07) is 27.0. The van der Waals surface area contributed by atoms with Crippen molar-refractivity contribution in [2.24, 2.45) is 0 Å². The van der Waals surface area contributed by atoms with Crippen LogP contribution in [0.2, 0.25) is 0 Å². The Morgan fingerprint density at radius 2 is 0.737 bits per heavy atom. The number of para-hydroxylation sites is 2. The van der Waals surface area contributed by atoms with Gasteiger partial charge in [0.05, 0.1) is 0 Å². The minimum absolute atomic E-state index is 1.17. The van der Waals surface area contributed by atoms with Gasteiger partial charge >= 0.3 is 0 Å². The number of aryl methyl sites for hydroxylation is 4. The molecule has 0 amide bonds. The molecule has 182 valence electrons. The Hall–Kier alpha value is -4.56. The Balaban J connectivity index is 1.58. The van der Waals surface area contributed by atoms with Crippen molar-refractivity contribution in [3.8, 4) is 0 Å². The lowest BCUT2D eigenvalue weighted by molar-refractivity contribution is 1.32. The van der Waals surface area contributed by atoms with E-state index in [1.54, 1.807) is 0 Å². The summed E-state index contributed by atoms with van der Waals surface area (Å²) in [5.41, 5.74) is 21.0. The zero-order chi connectivity index (χ0) is 25.7. The third-order valence-corrected chi connectivity index (χ3v) is 8.81. The van der Waals surface area contributed by atoms with E-state index in [1.807, 2.05) is 0 Å². The van der Waals surface area contributed by atoms with Gasteiger partial charge in [0.15, 0.2) is 0 Å². The van der Waals surface area contributed by atoms with Crippen LogP contribution in [-0.4, -0.2) is 9.97 Å². The highest BCUT2D eigenvalue weighted by Crippen LogP contribution is 2.60. The fraction of sp³-hybridized carbons (Fsp3) is 0.111. The number of hydrogen-bond donors (Lipinski definition) is 2. The van der Waals surface area contributed by atoms with E-state index >= 15 is 0 Å². The normalized spacial score (nSPS) is 14.1. The molecule has 6 aromatic rings. The Bertz CT molecular complexity index is 1910. The van der Waals surface area contributed by atoms with E-state index in [9.17, 15) is 0 Å². The van der Waals surface area contributed by atoms with E-state index in [-0.39, 0.29) is 0 Å². The average Bonchev–Trinajstić information content (AvgIpc) is 3.67. The Morgan fingerprint density at radius 3 is 1.13 bits per heavy atom. The first-order chi connectivity index (χ1) is 18.5. The Kier molecular flexibility index (Phi) is 4.24. The highest BCUT2D eigenvalue weighted by Gasteiger charge is 2.39. The van der Waals surface area contributed by atoms with Gasteiger partial charge in [-0.2, -0.15) is 0 Å². The molecular weight excluding hydrogens is 460 g/mol. The van der Waals surface area contributed by atoms with Crippen molar-refractivity contribution in [1.29, 1.82) is 0 Å². The van der Waals surface area contributed by atoms with Gasteiger partial charge in [-0.1, -0.05) is 60.7 Å². The molecule has 0 saturated carbocycles. The molecule has 0 aliphatic heterocycles. The lowest BCUT2D eigenvalue weighted by atomic mass is 9.89. The van der Waals surface area contributed by atoms with Crippen LogP contribution in [0.15, 0.2) is 85.2 Å². The zero-order valence-corrected chi connectivity index (χ0v) is 22.1. The molecule has 2 heteroatoms. The first-order valence-electron chi connectivity index (χ1n) is 13.4. The Morgan fingerprint density at radius 1 is 0.395 bits per heavy atom. The highest BCUT2D eigenvalue weighted by molar-refractivity contribution is 6.37. The summed E-state index contributed by atoms with van der Waals surface area (Å²) in [5.74, 6) is 0. The van der Waals surface area contributed by atoms with Gasteiger partial charge in [0.2, 0.25) is 0 Å². The van der Waals surface area contributed by atoms with Crippen LogP contribution in [0, 0.1) is 27.7 Å². The second-order valence-corrected chi connectivity index (χ2v) is 11.0. The number of rotatable bonds is 2. The van der Waals surface area contributed by atoms with Crippen molar-refractivity contribution in [1.82, 2.24) is 9.97 Å². The van der Waals surface area contributed by atoms with E-state index in [1.165, 1.54) is 99.7 Å². The summed E-state index contributed by atoms with van der Waals surface area (Å²) < 4.78 is 0. The van der Waals surface area contributed by atoms with Gasteiger partial charge < -0.3 is 9.97 Å². The molecule has 0 bridgehead atoms. The van der Waals surface area contributed by atoms with Gasteiger partial charge in [-0.15, -0.1) is 0 Å². The van der Waals surface area contributed by atoms with Crippen LogP contribution in [0.3, 0.4) is 0 Å². The van der Waals surface area contributed by atoms with Crippen LogP contribution in [0.25, 0.3) is 44.1 Å². The molecule has 0 unspecified atom stereocenters. The molecule has 2 heterocycles. The van der Waals surface area contributed by atoms with Crippen molar-refractivity contribution in [2.75, 3.05) is 0 Å². The summed E-state index contributed by atoms with van der Waals surface area (Å²) in [7, 11) is 0. The molecule has 0 spiro atoms. The third-order valence-electron chi connectivity index (χ3n) is 8.81. The number of fused-ring (bicyclic) bond motifs is 7. The van der Waals surface area contributed by atoms with Crippen molar-refractivity contribution in [2.45, 2.75) is 27.7 Å². The minimum atomic E-state index is 1.17. The second-order valence-electron chi connectivity index (χ2n) is 11.0. The molecule has 38 heavy (non-hydrogen) atoms. The minimum Gasteiger partial charge on any atom is -0.361 e. The van der Waals surface area contributed by atoms with Gasteiger partial charge in [-0.25, -0.2) is 0 Å². The molecule has 0 saturated heterocycles. The first-order valence-corrected chi connectivity index (χ1v) is 13.4. The number of allylic oxidation sites excluding steroid dienone is 2. The SMILES string of the molecule is Cc1cc2c(cc1C)C(c1c[nH]c3ccccc13)=C1C2=C(c2c[nH]c3ccccc23)c2cc(C)c(C)cc21. The molecule has 8 rings (SSSR count). The van der Waals surface area contributed by atoms with Gasteiger partial charge in [-0.05, 0) is 95.5 Å². The number of H-pyrrole nitrogens is 2. The fourth-order valence-corrected chi connectivity index (χ4v) is 6.63. The van der Waals surface area contributed by atoms with E-state index < -0.39 is 0 Å². The molecule has 2 N–H and O–H groups in total. The van der Waals surface area contributed by atoms with Crippen LogP contribution >= 0.6 is 0 Å². The number of nitrogens with one attached hydrogen (secondary N) is 2. The van der Waals surface area contributed by atoms with Gasteiger partial charge in [0, 0.05) is 56.5 Å². The van der Waals surface area contributed by atoms with Gasteiger partial charge in [0.1, 0.15) is 0 Å². The van der Waals surface area contributed by atoms with Crippen LogP contribution < -0.4 is 0 Å². The number of benzene rings is 4. The maximum atomic E-state index is 3.55. The van der Waals surface area contributed by atoms with Gasteiger partial charge in [0.25, 0.3) is 0 Å². The standard InChI is InChI=1S/C36H28N2/c1-19-13-25-27(15-21(19)3)35-34(30-18-38-32-12-8-6-10-24(30)32)26-14-20(2)22(4)16-28(26)36(35)33(25)29-17-37-31-11-7-5-9-23(29)31/h5-18,37-38H,1-4H3. The predicted molar refractivity (Wildman–Crippen MR) is 160 cm³/mol. The largest absolute Gasteiger partial charge is 0.361 e. The average molecular weight is 489 g/mol. The van der Waals surface area contributed by atoms with Crippen molar-refractivity contribution in [3.63, 3.8) is 0 Å². The quantitative estimate of drug-likeness (QED) is 0.244. The van der Waals surface area contributed by atoms with E-state index in [0.29, 0.717) is 0 Å². The van der Waals surface area contributed by atoms with Crippen LogP contribution in [-0.2, 0) is 0 Å². The topological polar surface area (TPSA) is 31.6 Å². The molecule has 2 nitrogen and oxygen atoms in total. The summed E-state index contributed by atoms with van der Waals surface area (Å²) >= 11 is 0. The zero-order valence-electron chi connectivity index (χ0n) is 22.1. The van der Waals surface area contributed by atoms with E-state index in [4.69, 9.17) is 0 Å². The third kappa shape index (κ3) is 2.72. The molecule has 2 aliphatic carbocycles. The predicted octanol–water partition coefficient (Wildman–Crippen LogP) is 9.13. The molecule has 0 radical (unpaired) electrons. The second kappa shape index (κ2) is 7.49. The molecule has 0 fully saturated rings. The van der Waals surface area contributed by atoms with Crippen LogP contribution in [0.4, 0.5) is 0 Å². The van der Waals surface area contributed by atoms with Crippen LogP contribution in [0.5, 0.6) is 0 Å². The van der Waals surface area contributed by atoms with Gasteiger partial charge in [-0.3, -0.25) is 0 Å². The number of aromatic amines is 2. The lowest BCUT2D eigenvalue weighted by Crippen LogP contribution is -1.95. The summed E-state index contributed by atoms with van der Waals surface area (Å²) in [6.07, 6.45) is 4.42. The van der Waals surface area contributed by atoms with Crippen molar-refractivity contribution in [3.05, 3.63) is 141 Å². The summed E-state index contributed by atoms with van der Waals surface area (Å²) in [4.78, 5) is 7.11. The molecule has 2 aromatic heterocycles. The Labute approximate surface area is 222 Å². The van der Waals surface area contributed by atoms with E-state index in [2.05, 4.69) is 123 Å². The highest BCUT2D eigenvalue weighted by atomic mass is 14.7. The van der Waals surface area contributed by atoms with Crippen molar-refractivity contribution < 1.29 is 0 Å². The molecular formula is C36H28N2. The molecule has 0 atom stereocenters. The first kappa shape index (κ1) is 21.5. The smallest absolute Gasteiger partial charge is 0.0460 e. The summed E-state index contributed by atoms with van der Waals surface area (Å²) in [6.45, 7) is 8.94. The number of hydrogen-bond acceptors (Lipinski definition) is 0. The fourth-order valence-electron chi connectivity index (χ4n) is 6.63. The molecule has 2 aliphatic rings. The maximum absolute atomic E-state index is 3.55. The monoisotopic (exact) mass is 488 g/mol. The van der Waals surface area contributed by atoms with E-state index in [0.717, 1.165) is 0 Å². The van der Waals surface area contributed by atoms with Crippen molar-refractivity contribution >= 4 is 44.1 Å². The number of aromatic nitrogens is 2. The maximum Gasteiger partial charge on any atom is 0.0460 e. The van der Waals surface area contributed by atoms with Crippen LogP contribution in [0.1, 0.15) is 55.6 Å². The lowest BCUT2D eigenvalue weighted by Gasteiger charge is -2.14.